The monoisotopic (exact) mass is 420 g/mol. The van der Waals surface area contributed by atoms with E-state index in [0.717, 1.165) is 28.1 Å². The van der Waals surface area contributed by atoms with E-state index in [0.29, 0.717) is 12.8 Å². The first-order chi connectivity index (χ1) is 13.6. The van der Waals surface area contributed by atoms with Gasteiger partial charge in [-0.3, -0.25) is 9.48 Å². The lowest BCUT2D eigenvalue weighted by atomic mass is 10.1. The van der Waals surface area contributed by atoms with E-state index in [2.05, 4.69) is 10.4 Å². The molecule has 8 nitrogen and oxygen atoms in total. The van der Waals surface area contributed by atoms with Gasteiger partial charge in [-0.25, -0.2) is 8.42 Å². The molecule has 1 atom stereocenters. The van der Waals surface area contributed by atoms with Crippen molar-refractivity contribution >= 4 is 15.9 Å². The van der Waals surface area contributed by atoms with E-state index in [-0.39, 0.29) is 30.0 Å². The van der Waals surface area contributed by atoms with Gasteiger partial charge in [0.1, 0.15) is 6.61 Å². The molecule has 0 saturated heterocycles. The quantitative estimate of drug-likeness (QED) is 0.724. The standard InChI is InChI=1S/C20H28N4O4S/c1-13-19(14(2)24(4)22-13)11-23(3)29(26,27)18-7-6-15-8-17(9-16(15)10-18)21-20(25)12-28-5/h6-7,10,17H,8-9,11-12H2,1-5H3,(H,21,25)/t17-/m0/s1. The highest BCUT2D eigenvalue weighted by molar-refractivity contribution is 7.89. The molecule has 0 fully saturated rings. The summed E-state index contributed by atoms with van der Waals surface area (Å²) < 4.78 is 34.2. The Kier molecular flexibility index (Phi) is 6.11. The summed E-state index contributed by atoms with van der Waals surface area (Å²) in [7, 11) is 1.27. The van der Waals surface area contributed by atoms with Crippen LogP contribution in [0.5, 0.6) is 0 Å². The average Bonchev–Trinajstić information content (AvgIpc) is 3.15. The Morgan fingerprint density at radius 2 is 2.00 bits per heavy atom. The Morgan fingerprint density at radius 1 is 1.31 bits per heavy atom. The number of ether oxygens (including phenoxy) is 1. The fourth-order valence-electron chi connectivity index (χ4n) is 3.79. The highest BCUT2D eigenvalue weighted by atomic mass is 32.2. The number of carbonyl (C=O) groups is 1. The van der Waals surface area contributed by atoms with Crippen LogP contribution in [0.3, 0.4) is 0 Å². The normalized spacial score (nSPS) is 16.3. The first-order valence-electron chi connectivity index (χ1n) is 9.49. The first-order valence-corrected chi connectivity index (χ1v) is 10.9. The zero-order chi connectivity index (χ0) is 21.3. The van der Waals surface area contributed by atoms with Gasteiger partial charge in [-0.1, -0.05) is 6.07 Å². The molecule has 0 radical (unpaired) electrons. The SMILES string of the molecule is COCC(=O)N[C@H]1Cc2ccc(S(=O)(=O)N(C)Cc3c(C)nn(C)c3C)cc2C1. The maximum Gasteiger partial charge on any atom is 0.246 e. The van der Waals surface area contributed by atoms with Crippen molar-refractivity contribution in [2.75, 3.05) is 20.8 Å². The number of amides is 1. The molecule has 1 N–H and O–H groups in total. The van der Waals surface area contributed by atoms with Crippen molar-refractivity contribution in [1.82, 2.24) is 19.4 Å². The molecule has 0 spiro atoms. The molecule has 9 heteroatoms. The predicted molar refractivity (Wildman–Crippen MR) is 109 cm³/mol. The van der Waals surface area contributed by atoms with Crippen LogP contribution in [0, 0.1) is 13.8 Å². The van der Waals surface area contributed by atoms with Crippen LogP contribution in [0.15, 0.2) is 23.1 Å². The summed E-state index contributed by atoms with van der Waals surface area (Å²) in [4.78, 5) is 12.0. The van der Waals surface area contributed by atoms with Crippen LogP contribution >= 0.6 is 0 Å². The molecule has 1 aromatic heterocycles. The van der Waals surface area contributed by atoms with Gasteiger partial charge in [0.05, 0.1) is 10.6 Å². The van der Waals surface area contributed by atoms with E-state index in [1.165, 1.54) is 11.4 Å². The highest BCUT2D eigenvalue weighted by Crippen LogP contribution is 2.27. The molecule has 3 rings (SSSR count). The van der Waals surface area contributed by atoms with Crippen LogP contribution in [-0.4, -0.2) is 55.2 Å². The van der Waals surface area contributed by atoms with Gasteiger partial charge in [0, 0.05) is 45.0 Å². The Labute approximate surface area is 171 Å². The molecule has 29 heavy (non-hydrogen) atoms. The van der Waals surface area contributed by atoms with Gasteiger partial charge in [0.15, 0.2) is 0 Å². The van der Waals surface area contributed by atoms with Gasteiger partial charge >= 0.3 is 0 Å². The number of hydrogen-bond acceptors (Lipinski definition) is 5. The summed E-state index contributed by atoms with van der Waals surface area (Å²) in [6, 6.07) is 5.18. The molecule has 1 amide bonds. The zero-order valence-corrected chi connectivity index (χ0v) is 18.3. The molecule has 158 valence electrons. The van der Waals surface area contributed by atoms with Gasteiger partial charge < -0.3 is 10.1 Å². The zero-order valence-electron chi connectivity index (χ0n) is 17.5. The maximum absolute atomic E-state index is 13.1. The molecule has 0 bridgehead atoms. The number of benzene rings is 1. The summed E-state index contributed by atoms with van der Waals surface area (Å²) in [6.45, 7) is 4.10. The number of rotatable bonds is 7. The van der Waals surface area contributed by atoms with E-state index in [1.54, 1.807) is 23.9 Å². The van der Waals surface area contributed by atoms with E-state index >= 15 is 0 Å². The van der Waals surface area contributed by atoms with Crippen molar-refractivity contribution in [3.05, 3.63) is 46.3 Å². The lowest BCUT2D eigenvalue weighted by molar-refractivity contribution is -0.125. The van der Waals surface area contributed by atoms with Gasteiger partial charge in [0.2, 0.25) is 15.9 Å². The molecular formula is C20H28N4O4S. The minimum atomic E-state index is -3.64. The number of nitrogens with one attached hydrogen (secondary N) is 1. The number of sulfonamides is 1. The van der Waals surface area contributed by atoms with Crippen molar-refractivity contribution in [3.8, 4) is 0 Å². The number of aromatic nitrogens is 2. The minimum absolute atomic E-state index is 0.0183. The largest absolute Gasteiger partial charge is 0.375 e. The molecule has 2 aromatic rings. The van der Waals surface area contributed by atoms with Crippen molar-refractivity contribution in [2.45, 2.75) is 44.2 Å². The van der Waals surface area contributed by atoms with E-state index < -0.39 is 10.0 Å². The van der Waals surface area contributed by atoms with Crippen molar-refractivity contribution in [2.24, 2.45) is 7.05 Å². The Balaban J connectivity index is 1.77. The second-order valence-electron chi connectivity index (χ2n) is 7.57. The third-order valence-corrected chi connectivity index (χ3v) is 7.30. The summed E-state index contributed by atoms with van der Waals surface area (Å²) in [5.41, 5.74) is 4.72. The molecule has 1 heterocycles. The van der Waals surface area contributed by atoms with Crippen LogP contribution in [-0.2, 0) is 46.0 Å². The molecule has 1 aliphatic carbocycles. The Hall–Kier alpha value is -2.23. The number of carbonyl (C=O) groups excluding carboxylic acids is 1. The smallest absolute Gasteiger partial charge is 0.246 e. The third kappa shape index (κ3) is 4.36. The fraction of sp³-hybridized carbons (Fsp3) is 0.500. The summed E-state index contributed by atoms with van der Waals surface area (Å²) in [6.07, 6.45) is 1.30. The Morgan fingerprint density at radius 3 is 2.62 bits per heavy atom. The molecule has 0 unspecified atom stereocenters. The number of nitrogens with zero attached hydrogens (tertiary/aromatic N) is 3. The predicted octanol–water partition coefficient (Wildman–Crippen LogP) is 1.09. The number of methoxy groups -OCH3 is 1. The van der Waals surface area contributed by atoms with Crippen molar-refractivity contribution in [1.29, 1.82) is 0 Å². The van der Waals surface area contributed by atoms with E-state index in [1.807, 2.05) is 27.0 Å². The number of fused-ring (bicyclic) bond motifs is 1. The molecule has 0 aliphatic heterocycles. The van der Waals surface area contributed by atoms with Gasteiger partial charge in [0.25, 0.3) is 0 Å². The summed E-state index contributed by atoms with van der Waals surface area (Å²) in [5.74, 6) is -0.167. The maximum atomic E-state index is 13.1. The number of aryl methyl sites for hydroxylation is 2. The van der Waals surface area contributed by atoms with Crippen molar-refractivity contribution in [3.63, 3.8) is 0 Å². The lowest BCUT2D eigenvalue weighted by Gasteiger charge is -2.18. The van der Waals surface area contributed by atoms with Gasteiger partial charge in [-0.05, 0) is 49.9 Å². The van der Waals surface area contributed by atoms with Gasteiger partial charge in [-0.2, -0.15) is 9.40 Å². The second-order valence-corrected chi connectivity index (χ2v) is 9.62. The number of hydrogen-bond donors (Lipinski definition) is 1. The van der Waals surface area contributed by atoms with Gasteiger partial charge in [-0.15, -0.1) is 0 Å². The second kappa shape index (κ2) is 8.25. The van der Waals surface area contributed by atoms with Crippen LogP contribution in [0.2, 0.25) is 0 Å². The summed E-state index contributed by atoms with van der Waals surface area (Å²) >= 11 is 0. The van der Waals surface area contributed by atoms with Crippen LogP contribution in [0.25, 0.3) is 0 Å². The lowest BCUT2D eigenvalue weighted by Crippen LogP contribution is -2.37. The highest BCUT2D eigenvalue weighted by Gasteiger charge is 2.28. The average molecular weight is 421 g/mol. The van der Waals surface area contributed by atoms with Crippen LogP contribution in [0.1, 0.15) is 28.1 Å². The fourth-order valence-corrected chi connectivity index (χ4v) is 4.98. The minimum Gasteiger partial charge on any atom is -0.375 e. The topological polar surface area (TPSA) is 93.5 Å². The summed E-state index contributed by atoms with van der Waals surface area (Å²) in [5, 5.41) is 7.28. The molecule has 0 saturated carbocycles. The van der Waals surface area contributed by atoms with E-state index in [9.17, 15) is 13.2 Å². The Bertz CT molecular complexity index is 1030. The third-order valence-electron chi connectivity index (χ3n) is 5.50. The first kappa shape index (κ1) is 21.5. The molecule has 1 aromatic carbocycles. The van der Waals surface area contributed by atoms with E-state index in [4.69, 9.17) is 4.74 Å². The van der Waals surface area contributed by atoms with Crippen LogP contribution in [0.4, 0.5) is 0 Å². The van der Waals surface area contributed by atoms with Crippen LogP contribution < -0.4 is 5.32 Å². The molecular weight excluding hydrogens is 392 g/mol. The van der Waals surface area contributed by atoms with Crippen molar-refractivity contribution < 1.29 is 17.9 Å². The molecule has 1 aliphatic rings.